The number of Topliss-reactive ketones (excluding diaryl/α,β-unsaturated/α-hetero) is 1. The van der Waals surface area contributed by atoms with Crippen LogP contribution in [0.25, 0.3) is 10.9 Å². The van der Waals surface area contributed by atoms with Crippen molar-refractivity contribution in [1.82, 2.24) is 9.97 Å². The van der Waals surface area contributed by atoms with E-state index in [2.05, 4.69) is 20.6 Å². The van der Waals surface area contributed by atoms with E-state index < -0.39 is 27.2 Å². The van der Waals surface area contributed by atoms with E-state index in [0.717, 1.165) is 5.56 Å². The summed E-state index contributed by atoms with van der Waals surface area (Å²) in [6.07, 6.45) is 2.59. The SMILES string of the molecule is O=C1Nc2ccc(S(=O)(=O)C3CC3)c(c2)CCC(=O)C(Nc2ccc3nc[nH]c(=O)c3c2)c2ccc(cc2)CCO1. The maximum atomic E-state index is 13.8. The summed E-state index contributed by atoms with van der Waals surface area (Å²) in [6.45, 7) is 0.145. The predicted octanol–water partition coefficient (Wildman–Crippen LogP) is 4.32. The third-order valence-corrected chi connectivity index (χ3v) is 9.79. The molecule has 0 saturated heterocycles. The minimum absolute atomic E-state index is 0.0379. The summed E-state index contributed by atoms with van der Waals surface area (Å²) in [7, 11) is -3.55. The second-order valence-electron chi connectivity index (χ2n) is 10.3. The number of fused-ring (bicyclic) bond motifs is 10. The number of carbonyl (C=O) groups excluding carboxylic acids is 2. The Labute approximate surface area is 236 Å². The Hall–Kier alpha value is -4.51. The number of benzene rings is 3. The number of aryl methyl sites for hydroxylation is 1. The third-order valence-electron chi connectivity index (χ3n) is 7.43. The molecule has 1 amide bonds. The van der Waals surface area contributed by atoms with Gasteiger partial charge < -0.3 is 15.0 Å². The number of aromatic nitrogens is 2. The van der Waals surface area contributed by atoms with E-state index in [1.54, 1.807) is 30.3 Å². The summed E-state index contributed by atoms with van der Waals surface area (Å²) in [5.74, 6) is -0.155. The molecule has 4 bridgehead atoms. The minimum Gasteiger partial charge on any atom is -0.449 e. The Kier molecular flexibility index (Phi) is 7.04. The number of nitrogens with zero attached hydrogens (tertiary/aromatic N) is 1. The zero-order chi connectivity index (χ0) is 28.6. The molecule has 210 valence electrons. The quantitative estimate of drug-likeness (QED) is 0.328. The zero-order valence-electron chi connectivity index (χ0n) is 22.1. The van der Waals surface area contributed by atoms with Crippen LogP contribution in [-0.4, -0.2) is 42.1 Å². The molecule has 0 radical (unpaired) electrons. The number of amides is 1. The first-order valence-electron chi connectivity index (χ1n) is 13.4. The average molecular weight is 573 g/mol. The molecule has 7 rings (SSSR count). The monoisotopic (exact) mass is 572 g/mol. The standard InChI is InChI=1S/C30H28N4O6S/c35-26-11-5-20-15-21(7-12-27(20)41(38,39)23-8-9-23)34-30(37)40-14-13-18-1-3-19(4-2-18)28(26)33-22-6-10-25-24(16-22)29(36)32-17-31-25/h1-4,6-7,10,12,15-17,23,28,33H,5,8-9,11,13-14H2,(H,34,37)(H,31,32,36). The number of ether oxygens (including phenoxy) is 1. The molecular formula is C30H28N4O6S. The molecule has 3 aromatic carbocycles. The first-order chi connectivity index (χ1) is 19.8. The largest absolute Gasteiger partial charge is 0.449 e. The summed E-state index contributed by atoms with van der Waals surface area (Å²) in [5.41, 5.74) is 3.32. The van der Waals surface area contributed by atoms with Gasteiger partial charge in [-0.25, -0.2) is 18.2 Å². The lowest BCUT2D eigenvalue weighted by Gasteiger charge is -2.21. The number of aromatic amines is 1. The van der Waals surface area contributed by atoms with E-state index in [-0.39, 0.29) is 35.7 Å². The summed E-state index contributed by atoms with van der Waals surface area (Å²) in [4.78, 5) is 45.4. The van der Waals surface area contributed by atoms with Gasteiger partial charge in [-0.15, -0.1) is 0 Å². The van der Waals surface area contributed by atoms with Crippen LogP contribution < -0.4 is 16.2 Å². The van der Waals surface area contributed by atoms with Crippen molar-refractivity contribution in [3.8, 4) is 0 Å². The molecule has 1 aromatic heterocycles. The normalized spacial score (nSPS) is 18.1. The highest BCUT2D eigenvalue weighted by atomic mass is 32.2. The molecule has 1 fully saturated rings. The molecule has 10 nitrogen and oxygen atoms in total. The fourth-order valence-electron chi connectivity index (χ4n) is 5.06. The Morgan fingerprint density at radius 1 is 0.902 bits per heavy atom. The molecule has 11 heteroatoms. The van der Waals surface area contributed by atoms with Crippen LogP contribution in [0.5, 0.6) is 0 Å². The molecule has 3 N–H and O–H groups in total. The number of ketones is 1. The van der Waals surface area contributed by atoms with Gasteiger partial charge in [0.25, 0.3) is 5.56 Å². The van der Waals surface area contributed by atoms with Crippen molar-refractivity contribution in [2.24, 2.45) is 0 Å². The molecule has 2 aliphatic heterocycles. The first kappa shape index (κ1) is 26.7. The Morgan fingerprint density at radius 2 is 1.71 bits per heavy atom. The van der Waals surface area contributed by atoms with Crippen molar-refractivity contribution < 1.29 is 22.7 Å². The number of anilines is 2. The van der Waals surface area contributed by atoms with Crippen LogP contribution in [0, 0.1) is 0 Å². The fraction of sp³-hybridized carbons (Fsp3) is 0.267. The van der Waals surface area contributed by atoms with Crippen molar-refractivity contribution in [3.63, 3.8) is 0 Å². The Balaban J connectivity index is 1.36. The topological polar surface area (TPSA) is 147 Å². The lowest BCUT2D eigenvalue weighted by molar-refractivity contribution is -0.119. The van der Waals surface area contributed by atoms with E-state index in [1.165, 1.54) is 12.4 Å². The van der Waals surface area contributed by atoms with Crippen molar-refractivity contribution in [1.29, 1.82) is 0 Å². The van der Waals surface area contributed by atoms with Gasteiger partial charge >= 0.3 is 6.09 Å². The summed E-state index contributed by atoms with van der Waals surface area (Å²) < 4.78 is 31.7. The minimum atomic E-state index is -3.55. The fourth-order valence-corrected chi connectivity index (χ4v) is 6.96. The second kappa shape index (κ2) is 10.8. The van der Waals surface area contributed by atoms with Gasteiger partial charge in [0.2, 0.25) is 0 Å². The number of hydrogen-bond acceptors (Lipinski definition) is 8. The van der Waals surface area contributed by atoms with E-state index >= 15 is 0 Å². The van der Waals surface area contributed by atoms with Crippen LogP contribution in [-0.2, 0) is 32.2 Å². The van der Waals surface area contributed by atoms with Crippen LogP contribution in [0.4, 0.5) is 16.2 Å². The predicted molar refractivity (Wildman–Crippen MR) is 154 cm³/mol. The van der Waals surface area contributed by atoms with Gasteiger partial charge in [-0.05, 0) is 72.4 Å². The van der Waals surface area contributed by atoms with Gasteiger partial charge in [-0.1, -0.05) is 24.3 Å². The number of sulfone groups is 1. The number of H-pyrrole nitrogens is 1. The molecule has 1 atom stereocenters. The van der Waals surface area contributed by atoms with E-state index in [9.17, 15) is 22.8 Å². The molecule has 1 aliphatic carbocycles. The smallest absolute Gasteiger partial charge is 0.411 e. The van der Waals surface area contributed by atoms with Gasteiger partial charge in [0.05, 0.1) is 34.0 Å². The van der Waals surface area contributed by atoms with Crippen LogP contribution in [0.1, 0.15) is 42.0 Å². The van der Waals surface area contributed by atoms with Crippen molar-refractivity contribution in [3.05, 3.63) is 94.0 Å². The van der Waals surface area contributed by atoms with E-state index in [0.29, 0.717) is 52.7 Å². The van der Waals surface area contributed by atoms with Gasteiger partial charge in [-0.3, -0.25) is 14.9 Å². The zero-order valence-corrected chi connectivity index (χ0v) is 22.9. The maximum absolute atomic E-state index is 13.8. The lowest BCUT2D eigenvalue weighted by Crippen LogP contribution is -2.22. The van der Waals surface area contributed by atoms with Gasteiger partial charge in [0.15, 0.2) is 15.6 Å². The van der Waals surface area contributed by atoms with E-state index in [1.807, 2.05) is 24.3 Å². The maximum Gasteiger partial charge on any atom is 0.411 e. The molecule has 4 aromatic rings. The molecule has 0 spiro atoms. The molecule has 41 heavy (non-hydrogen) atoms. The molecule has 3 aliphatic rings. The number of rotatable bonds is 4. The second-order valence-corrected chi connectivity index (χ2v) is 12.5. The molecule has 3 heterocycles. The Bertz CT molecular complexity index is 1810. The summed E-state index contributed by atoms with van der Waals surface area (Å²) in [6, 6.07) is 16.5. The highest BCUT2D eigenvalue weighted by molar-refractivity contribution is 7.92. The van der Waals surface area contributed by atoms with Crippen LogP contribution in [0.3, 0.4) is 0 Å². The van der Waals surface area contributed by atoms with Crippen molar-refractivity contribution in [2.45, 2.75) is 48.3 Å². The van der Waals surface area contributed by atoms with Gasteiger partial charge in [0, 0.05) is 24.2 Å². The number of carbonyl (C=O) groups is 2. The highest BCUT2D eigenvalue weighted by Crippen LogP contribution is 2.36. The average Bonchev–Trinajstić information content (AvgIpc) is 3.82. The highest BCUT2D eigenvalue weighted by Gasteiger charge is 2.38. The van der Waals surface area contributed by atoms with Gasteiger partial charge in [0.1, 0.15) is 6.04 Å². The first-order valence-corrected chi connectivity index (χ1v) is 15.0. The van der Waals surface area contributed by atoms with Crippen LogP contribution in [0.15, 0.2) is 76.7 Å². The third kappa shape index (κ3) is 5.71. The molecular weight excluding hydrogens is 544 g/mol. The summed E-state index contributed by atoms with van der Waals surface area (Å²) >= 11 is 0. The molecule has 1 unspecified atom stereocenters. The van der Waals surface area contributed by atoms with Gasteiger partial charge in [-0.2, -0.15) is 0 Å². The summed E-state index contributed by atoms with van der Waals surface area (Å²) in [5, 5.41) is 5.92. The van der Waals surface area contributed by atoms with E-state index in [4.69, 9.17) is 4.74 Å². The van der Waals surface area contributed by atoms with Crippen LogP contribution in [0.2, 0.25) is 0 Å². The van der Waals surface area contributed by atoms with Crippen molar-refractivity contribution >= 4 is 44.0 Å². The number of hydrogen-bond donors (Lipinski definition) is 3. The molecule has 1 saturated carbocycles. The number of nitrogens with one attached hydrogen (secondary N) is 3. The van der Waals surface area contributed by atoms with Crippen LogP contribution >= 0.6 is 0 Å². The van der Waals surface area contributed by atoms with Crippen molar-refractivity contribution in [2.75, 3.05) is 17.2 Å². The Morgan fingerprint density at radius 3 is 2.49 bits per heavy atom. The lowest BCUT2D eigenvalue weighted by atomic mass is 9.96.